The molecule has 2 fully saturated rings. The van der Waals surface area contributed by atoms with E-state index < -0.39 is 0 Å². The van der Waals surface area contributed by atoms with Crippen LogP contribution in [-0.4, -0.2) is 47.7 Å². The summed E-state index contributed by atoms with van der Waals surface area (Å²) in [4.78, 5) is 15.0. The Bertz CT molecular complexity index is 1290. The van der Waals surface area contributed by atoms with Crippen molar-refractivity contribution in [2.24, 2.45) is 0 Å². The molecule has 1 saturated carbocycles. The predicted molar refractivity (Wildman–Crippen MR) is 134 cm³/mol. The van der Waals surface area contributed by atoms with Gasteiger partial charge in [-0.1, -0.05) is 17.3 Å². The first-order valence-electron chi connectivity index (χ1n) is 13.0. The third-order valence-electron chi connectivity index (χ3n) is 7.89. The summed E-state index contributed by atoms with van der Waals surface area (Å²) >= 11 is 0. The lowest BCUT2D eigenvalue weighted by Gasteiger charge is -2.34. The molecule has 188 valence electrons. The standard InChI is InChI=1S/C29H31FN2O4/c30-21-5-7-24-27(17-21)36-31-28(24)20-9-14-32(15-10-20)13-3-4-16-34-22-6-8-23-25(33)19-29(11-1-2-12-29)35-26(23)18-22/h3-8,17-18,20H,1-2,9-16,19H2/b4-3+. The van der Waals surface area contributed by atoms with Gasteiger partial charge in [-0.15, -0.1) is 0 Å². The van der Waals surface area contributed by atoms with Crippen molar-refractivity contribution in [1.29, 1.82) is 0 Å². The van der Waals surface area contributed by atoms with Crippen LogP contribution >= 0.6 is 0 Å². The highest BCUT2D eigenvalue weighted by molar-refractivity contribution is 6.00. The van der Waals surface area contributed by atoms with Gasteiger partial charge in [0.15, 0.2) is 11.4 Å². The number of nitrogens with zero attached hydrogens (tertiary/aromatic N) is 2. The molecule has 0 unspecified atom stereocenters. The largest absolute Gasteiger partial charge is 0.489 e. The lowest BCUT2D eigenvalue weighted by atomic mass is 9.88. The molecule has 6 nitrogen and oxygen atoms in total. The number of Topliss-reactive ketones (excluding diaryl/α,β-unsaturated/α-hetero) is 1. The van der Waals surface area contributed by atoms with E-state index in [1.54, 1.807) is 6.07 Å². The van der Waals surface area contributed by atoms with Crippen LogP contribution in [0.3, 0.4) is 0 Å². The summed E-state index contributed by atoms with van der Waals surface area (Å²) in [6.07, 6.45) is 10.8. The molecule has 1 aromatic heterocycles. The highest BCUT2D eigenvalue weighted by atomic mass is 19.1. The van der Waals surface area contributed by atoms with Crippen molar-refractivity contribution in [2.75, 3.05) is 26.2 Å². The highest BCUT2D eigenvalue weighted by Gasteiger charge is 2.42. The van der Waals surface area contributed by atoms with Gasteiger partial charge in [-0.3, -0.25) is 9.69 Å². The maximum absolute atomic E-state index is 13.4. The summed E-state index contributed by atoms with van der Waals surface area (Å²) in [6.45, 7) is 3.29. The summed E-state index contributed by atoms with van der Waals surface area (Å²) in [6, 6.07) is 10.2. The zero-order chi connectivity index (χ0) is 24.5. The van der Waals surface area contributed by atoms with Crippen LogP contribution < -0.4 is 9.47 Å². The lowest BCUT2D eigenvalue weighted by Crippen LogP contribution is -2.39. The molecule has 7 heteroatoms. The average Bonchev–Trinajstić information content (AvgIpc) is 3.50. The molecule has 6 rings (SSSR count). The number of rotatable bonds is 6. The Kier molecular flexibility index (Phi) is 6.25. The van der Waals surface area contributed by atoms with E-state index in [1.807, 2.05) is 24.3 Å². The number of aromatic nitrogens is 1. The molecular weight excluding hydrogens is 459 g/mol. The van der Waals surface area contributed by atoms with Gasteiger partial charge in [0.05, 0.1) is 17.7 Å². The van der Waals surface area contributed by atoms with Gasteiger partial charge in [0.2, 0.25) is 0 Å². The third-order valence-corrected chi connectivity index (χ3v) is 7.89. The smallest absolute Gasteiger partial charge is 0.170 e. The molecule has 3 aliphatic rings. The van der Waals surface area contributed by atoms with Crippen LogP contribution in [0.2, 0.25) is 0 Å². The molecule has 0 N–H and O–H groups in total. The monoisotopic (exact) mass is 490 g/mol. The Balaban J connectivity index is 0.980. The number of ether oxygens (including phenoxy) is 2. The first-order chi connectivity index (χ1) is 17.6. The van der Waals surface area contributed by atoms with E-state index in [9.17, 15) is 9.18 Å². The summed E-state index contributed by atoms with van der Waals surface area (Å²) in [5.74, 6) is 1.60. The van der Waals surface area contributed by atoms with Gasteiger partial charge in [0.25, 0.3) is 0 Å². The average molecular weight is 491 g/mol. The van der Waals surface area contributed by atoms with E-state index in [-0.39, 0.29) is 17.2 Å². The first kappa shape index (κ1) is 23.2. The van der Waals surface area contributed by atoms with Gasteiger partial charge in [-0.05, 0) is 75.9 Å². The first-order valence-corrected chi connectivity index (χ1v) is 13.0. The third kappa shape index (κ3) is 4.64. The number of carbonyl (C=O) groups is 1. The van der Waals surface area contributed by atoms with Gasteiger partial charge < -0.3 is 14.0 Å². The van der Waals surface area contributed by atoms with Gasteiger partial charge >= 0.3 is 0 Å². The molecule has 3 aromatic rings. The van der Waals surface area contributed by atoms with Crippen molar-refractivity contribution in [3.63, 3.8) is 0 Å². The number of likely N-dealkylation sites (tertiary alicyclic amines) is 1. The molecule has 2 aromatic carbocycles. The Morgan fingerprint density at radius 2 is 1.94 bits per heavy atom. The second kappa shape index (κ2) is 9.69. The molecule has 0 atom stereocenters. The minimum absolute atomic E-state index is 0.180. The number of hydrogen-bond donors (Lipinski definition) is 0. The van der Waals surface area contributed by atoms with E-state index in [1.165, 1.54) is 12.1 Å². The second-order valence-corrected chi connectivity index (χ2v) is 10.3. The maximum atomic E-state index is 13.4. The fraction of sp³-hybridized carbons (Fsp3) is 0.448. The van der Waals surface area contributed by atoms with Crippen molar-refractivity contribution in [3.05, 3.63) is 65.6 Å². The fourth-order valence-corrected chi connectivity index (χ4v) is 5.91. The van der Waals surface area contributed by atoms with Crippen LogP contribution in [0.5, 0.6) is 11.5 Å². The normalized spacial score (nSPS) is 20.3. The van der Waals surface area contributed by atoms with E-state index in [4.69, 9.17) is 14.0 Å². The van der Waals surface area contributed by atoms with E-state index in [2.05, 4.69) is 16.1 Å². The molecule has 0 radical (unpaired) electrons. The van der Waals surface area contributed by atoms with Gasteiger partial charge in [-0.25, -0.2) is 4.39 Å². The molecule has 1 spiro atoms. The molecular formula is C29H31FN2O4. The van der Waals surface area contributed by atoms with Crippen LogP contribution in [0, 0.1) is 5.82 Å². The van der Waals surface area contributed by atoms with Crippen molar-refractivity contribution in [1.82, 2.24) is 10.1 Å². The zero-order valence-corrected chi connectivity index (χ0v) is 20.4. The van der Waals surface area contributed by atoms with E-state index in [0.717, 1.165) is 75.0 Å². The highest BCUT2D eigenvalue weighted by Crippen LogP contribution is 2.44. The van der Waals surface area contributed by atoms with Gasteiger partial charge in [0, 0.05) is 30.0 Å². The Hall–Kier alpha value is -3.19. The fourth-order valence-electron chi connectivity index (χ4n) is 5.91. The second-order valence-electron chi connectivity index (χ2n) is 10.3. The van der Waals surface area contributed by atoms with E-state index in [0.29, 0.717) is 35.8 Å². The minimum Gasteiger partial charge on any atom is -0.489 e. The number of halogens is 1. The van der Waals surface area contributed by atoms with Gasteiger partial charge in [-0.2, -0.15) is 0 Å². The van der Waals surface area contributed by atoms with Crippen LogP contribution in [0.15, 0.2) is 53.1 Å². The minimum atomic E-state index is -0.302. The van der Waals surface area contributed by atoms with Crippen molar-refractivity contribution in [2.45, 2.75) is 56.5 Å². The Morgan fingerprint density at radius 3 is 2.78 bits per heavy atom. The number of hydrogen-bond acceptors (Lipinski definition) is 6. The molecule has 0 amide bonds. The Labute approximate surface area is 210 Å². The van der Waals surface area contributed by atoms with Crippen molar-refractivity contribution in [3.8, 4) is 11.5 Å². The summed E-state index contributed by atoms with van der Waals surface area (Å²) in [5, 5.41) is 5.15. The maximum Gasteiger partial charge on any atom is 0.170 e. The van der Waals surface area contributed by atoms with Gasteiger partial charge in [0.1, 0.15) is 29.5 Å². The number of carbonyl (C=O) groups excluding carboxylic acids is 1. The zero-order valence-electron chi connectivity index (χ0n) is 20.4. The number of fused-ring (bicyclic) bond motifs is 2. The summed E-state index contributed by atoms with van der Waals surface area (Å²) < 4.78 is 31.0. The van der Waals surface area contributed by atoms with Crippen LogP contribution in [-0.2, 0) is 0 Å². The molecule has 0 bridgehead atoms. The number of piperidine rings is 1. The quantitative estimate of drug-likeness (QED) is 0.392. The molecule has 2 aliphatic heterocycles. The molecule has 1 saturated heterocycles. The van der Waals surface area contributed by atoms with Crippen LogP contribution in [0.1, 0.15) is 66.9 Å². The Morgan fingerprint density at radius 1 is 1.11 bits per heavy atom. The van der Waals surface area contributed by atoms with E-state index >= 15 is 0 Å². The SMILES string of the molecule is O=C1CC2(CCCC2)Oc2cc(OC/C=C/CN3CCC(c4noc5cc(F)ccc45)CC3)ccc21. The van der Waals surface area contributed by atoms with Crippen molar-refractivity contribution < 1.29 is 23.2 Å². The molecule has 1 aliphatic carbocycles. The molecule has 3 heterocycles. The molecule has 36 heavy (non-hydrogen) atoms. The number of benzene rings is 2. The summed E-state index contributed by atoms with van der Waals surface area (Å²) in [7, 11) is 0. The predicted octanol–water partition coefficient (Wildman–Crippen LogP) is 6.06. The van der Waals surface area contributed by atoms with Crippen molar-refractivity contribution >= 4 is 16.8 Å². The van der Waals surface area contributed by atoms with Crippen LogP contribution in [0.25, 0.3) is 11.0 Å². The lowest BCUT2D eigenvalue weighted by molar-refractivity contribution is 0.0449. The van der Waals surface area contributed by atoms with Crippen LogP contribution in [0.4, 0.5) is 4.39 Å². The number of ketones is 1. The topological polar surface area (TPSA) is 64.8 Å². The summed E-state index contributed by atoms with van der Waals surface area (Å²) in [5.41, 5.74) is 1.84.